The number of hydrogen-bond donors (Lipinski definition) is 0. The fourth-order valence-corrected chi connectivity index (χ4v) is 4.46. The summed E-state index contributed by atoms with van der Waals surface area (Å²) in [5.74, 6) is -0.0422. The third-order valence-corrected chi connectivity index (χ3v) is 5.93. The van der Waals surface area contributed by atoms with Gasteiger partial charge in [0.15, 0.2) is 0 Å². The number of carbonyl (C=O) groups excluding carboxylic acids is 1. The molecule has 0 saturated carbocycles. The van der Waals surface area contributed by atoms with Crippen molar-refractivity contribution in [3.63, 3.8) is 0 Å². The van der Waals surface area contributed by atoms with Crippen LogP contribution in [0, 0.1) is 0 Å². The van der Waals surface area contributed by atoms with Crippen molar-refractivity contribution >= 4 is 21.6 Å². The van der Waals surface area contributed by atoms with Gasteiger partial charge in [-0.15, -0.1) is 0 Å². The highest BCUT2D eigenvalue weighted by molar-refractivity contribution is 7.89. The number of hydrogen-bond acceptors (Lipinski definition) is 3. The molecule has 2 heterocycles. The smallest absolute Gasteiger partial charge is 0.243 e. The summed E-state index contributed by atoms with van der Waals surface area (Å²) in [6.07, 6.45) is 2.63. The van der Waals surface area contributed by atoms with E-state index in [0.717, 1.165) is 30.5 Å². The first-order valence-electron chi connectivity index (χ1n) is 6.91. The highest BCUT2D eigenvalue weighted by Gasteiger charge is 2.30. The topological polar surface area (TPSA) is 57.7 Å². The van der Waals surface area contributed by atoms with E-state index in [1.165, 1.54) is 11.2 Å². The minimum absolute atomic E-state index is 0.0422. The molecule has 1 aromatic carbocycles. The number of sulfonamides is 1. The Bertz CT molecular complexity index is 648. The van der Waals surface area contributed by atoms with E-state index in [1.807, 2.05) is 6.07 Å². The molecule has 5 nitrogen and oxygen atoms in total. The van der Waals surface area contributed by atoms with Crippen LogP contribution in [0.2, 0.25) is 0 Å². The van der Waals surface area contributed by atoms with E-state index in [1.54, 1.807) is 17.0 Å². The molecule has 2 aliphatic heterocycles. The van der Waals surface area contributed by atoms with Crippen LogP contribution in [0.1, 0.15) is 25.3 Å². The minimum Gasteiger partial charge on any atom is -0.312 e. The molecule has 108 valence electrons. The summed E-state index contributed by atoms with van der Waals surface area (Å²) < 4.78 is 26.6. The van der Waals surface area contributed by atoms with Crippen molar-refractivity contribution < 1.29 is 13.2 Å². The number of benzene rings is 1. The van der Waals surface area contributed by atoms with Crippen molar-refractivity contribution in [1.82, 2.24) is 4.31 Å². The van der Waals surface area contributed by atoms with E-state index in [4.69, 9.17) is 0 Å². The van der Waals surface area contributed by atoms with Gasteiger partial charge in [-0.05, 0) is 37.0 Å². The Morgan fingerprint density at radius 2 is 1.85 bits per heavy atom. The van der Waals surface area contributed by atoms with E-state index >= 15 is 0 Å². The average molecular weight is 294 g/mol. The quantitative estimate of drug-likeness (QED) is 0.828. The van der Waals surface area contributed by atoms with Crippen LogP contribution in [0.25, 0.3) is 0 Å². The fourth-order valence-electron chi connectivity index (χ4n) is 2.92. The van der Waals surface area contributed by atoms with Crippen LogP contribution in [-0.4, -0.2) is 38.3 Å². The number of rotatable bonds is 2. The van der Waals surface area contributed by atoms with Crippen molar-refractivity contribution in [2.75, 3.05) is 24.5 Å². The molecular weight excluding hydrogens is 276 g/mol. The van der Waals surface area contributed by atoms with Gasteiger partial charge in [0, 0.05) is 32.2 Å². The minimum atomic E-state index is -3.41. The summed E-state index contributed by atoms with van der Waals surface area (Å²) in [5, 5.41) is 0. The monoisotopic (exact) mass is 294 g/mol. The van der Waals surface area contributed by atoms with E-state index in [0.29, 0.717) is 24.5 Å². The molecule has 0 unspecified atom stereocenters. The third kappa shape index (κ3) is 2.13. The zero-order valence-electron chi connectivity index (χ0n) is 11.5. The van der Waals surface area contributed by atoms with Gasteiger partial charge in [-0.2, -0.15) is 4.31 Å². The number of anilines is 1. The molecule has 2 aliphatic rings. The zero-order chi connectivity index (χ0) is 14.3. The van der Waals surface area contributed by atoms with Crippen molar-refractivity contribution in [2.45, 2.75) is 31.1 Å². The molecule has 0 aromatic heterocycles. The Balaban J connectivity index is 2.00. The first-order valence-corrected chi connectivity index (χ1v) is 8.35. The van der Waals surface area contributed by atoms with E-state index in [2.05, 4.69) is 0 Å². The summed E-state index contributed by atoms with van der Waals surface area (Å²) in [4.78, 5) is 13.5. The molecule has 1 amide bonds. The van der Waals surface area contributed by atoms with Crippen LogP contribution in [0.4, 0.5) is 5.69 Å². The van der Waals surface area contributed by atoms with Gasteiger partial charge in [-0.1, -0.05) is 6.07 Å². The molecular formula is C14H18N2O3S. The Labute approximate surface area is 119 Å². The van der Waals surface area contributed by atoms with Gasteiger partial charge >= 0.3 is 0 Å². The zero-order valence-corrected chi connectivity index (χ0v) is 12.3. The summed E-state index contributed by atoms with van der Waals surface area (Å²) in [6, 6.07) is 5.15. The van der Waals surface area contributed by atoms with Crippen molar-refractivity contribution in [1.29, 1.82) is 0 Å². The molecule has 0 bridgehead atoms. The van der Waals surface area contributed by atoms with Crippen molar-refractivity contribution in [3.05, 3.63) is 23.8 Å². The van der Waals surface area contributed by atoms with E-state index < -0.39 is 10.0 Å². The third-order valence-electron chi connectivity index (χ3n) is 4.04. The first kappa shape index (κ1) is 13.6. The van der Waals surface area contributed by atoms with E-state index in [9.17, 15) is 13.2 Å². The predicted octanol–water partition coefficient (Wildman–Crippen LogP) is 1.38. The summed E-state index contributed by atoms with van der Waals surface area (Å²) in [7, 11) is -3.41. The summed E-state index contributed by atoms with van der Waals surface area (Å²) in [6.45, 7) is 3.33. The second kappa shape index (κ2) is 4.86. The Morgan fingerprint density at radius 3 is 2.50 bits per heavy atom. The maximum atomic E-state index is 12.5. The van der Waals surface area contributed by atoms with Crippen LogP contribution in [0.5, 0.6) is 0 Å². The highest BCUT2D eigenvalue weighted by Crippen LogP contribution is 2.32. The molecule has 0 aliphatic carbocycles. The molecule has 0 N–H and O–H groups in total. The number of carbonyl (C=O) groups is 1. The van der Waals surface area contributed by atoms with Crippen molar-refractivity contribution in [3.8, 4) is 0 Å². The molecule has 1 fully saturated rings. The number of amides is 1. The van der Waals surface area contributed by atoms with Gasteiger partial charge in [-0.3, -0.25) is 4.79 Å². The van der Waals surface area contributed by atoms with Crippen LogP contribution in [0.15, 0.2) is 23.1 Å². The van der Waals surface area contributed by atoms with Crippen LogP contribution in [0.3, 0.4) is 0 Å². The maximum absolute atomic E-state index is 12.5. The van der Waals surface area contributed by atoms with Gasteiger partial charge in [0.05, 0.1) is 4.90 Å². The molecule has 1 aromatic rings. The SMILES string of the molecule is CC(=O)N1CCc2ccc(S(=O)(=O)N3CCCC3)cc21. The van der Waals surface area contributed by atoms with Gasteiger partial charge < -0.3 is 4.90 Å². The Morgan fingerprint density at radius 1 is 1.15 bits per heavy atom. The molecule has 3 rings (SSSR count). The number of nitrogens with zero attached hydrogens (tertiary/aromatic N) is 2. The summed E-state index contributed by atoms with van der Waals surface area (Å²) in [5.41, 5.74) is 1.79. The molecule has 1 saturated heterocycles. The fraction of sp³-hybridized carbons (Fsp3) is 0.500. The lowest BCUT2D eigenvalue weighted by molar-refractivity contribution is -0.116. The first-order chi connectivity index (χ1) is 9.50. The van der Waals surface area contributed by atoms with E-state index in [-0.39, 0.29) is 5.91 Å². The standard InChI is InChI=1S/C14H18N2O3S/c1-11(17)16-9-6-12-4-5-13(10-14(12)16)20(18,19)15-7-2-3-8-15/h4-5,10H,2-3,6-9H2,1H3. The lowest BCUT2D eigenvalue weighted by Gasteiger charge is -2.18. The van der Waals surface area contributed by atoms with Crippen LogP contribution < -0.4 is 4.90 Å². The number of fused-ring (bicyclic) bond motifs is 1. The highest BCUT2D eigenvalue weighted by atomic mass is 32.2. The average Bonchev–Trinajstić information content (AvgIpc) is 3.07. The van der Waals surface area contributed by atoms with Gasteiger partial charge in [0.1, 0.15) is 0 Å². The second-order valence-electron chi connectivity index (χ2n) is 5.32. The second-order valence-corrected chi connectivity index (χ2v) is 7.26. The predicted molar refractivity (Wildman–Crippen MR) is 76.2 cm³/mol. The normalized spacial score (nSPS) is 19.4. The molecule has 6 heteroatoms. The van der Waals surface area contributed by atoms with Crippen molar-refractivity contribution in [2.24, 2.45) is 0 Å². The van der Waals surface area contributed by atoms with Gasteiger partial charge in [-0.25, -0.2) is 8.42 Å². The van der Waals surface area contributed by atoms with Crippen LogP contribution >= 0.6 is 0 Å². The summed E-state index contributed by atoms with van der Waals surface area (Å²) >= 11 is 0. The molecule has 0 radical (unpaired) electrons. The molecule has 0 atom stereocenters. The maximum Gasteiger partial charge on any atom is 0.243 e. The van der Waals surface area contributed by atoms with Gasteiger partial charge in [0.25, 0.3) is 0 Å². The lowest BCUT2D eigenvalue weighted by atomic mass is 10.2. The Hall–Kier alpha value is -1.40. The Kier molecular flexibility index (Phi) is 3.30. The molecule has 20 heavy (non-hydrogen) atoms. The lowest BCUT2D eigenvalue weighted by Crippen LogP contribution is -2.28. The van der Waals surface area contributed by atoms with Crippen LogP contribution in [-0.2, 0) is 21.2 Å². The largest absolute Gasteiger partial charge is 0.312 e. The molecule has 0 spiro atoms. The van der Waals surface area contributed by atoms with Gasteiger partial charge in [0.2, 0.25) is 15.9 Å².